The summed E-state index contributed by atoms with van der Waals surface area (Å²) >= 11 is 0. The van der Waals surface area contributed by atoms with Crippen molar-refractivity contribution in [3.05, 3.63) is 0 Å². The quantitative estimate of drug-likeness (QED) is 0.737. The van der Waals surface area contributed by atoms with Crippen molar-refractivity contribution in [2.45, 2.75) is 45.1 Å². The van der Waals surface area contributed by atoms with Gasteiger partial charge in [0.15, 0.2) is 0 Å². The van der Waals surface area contributed by atoms with Gasteiger partial charge in [0.25, 0.3) is 0 Å². The number of nitrogens with two attached hydrogens (primary N) is 1. The minimum Gasteiger partial charge on any atom is -0.330 e. The van der Waals surface area contributed by atoms with Crippen molar-refractivity contribution >= 4 is 0 Å². The highest BCUT2D eigenvalue weighted by atomic mass is 15.2. The second-order valence-corrected chi connectivity index (χ2v) is 5.69. The molecular weight excluding hydrogens is 210 g/mol. The summed E-state index contributed by atoms with van der Waals surface area (Å²) in [4.78, 5) is 4.97. The second kappa shape index (κ2) is 8.06. The highest BCUT2D eigenvalue weighted by Crippen LogP contribution is 2.27. The summed E-state index contributed by atoms with van der Waals surface area (Å²) in [5.41, 5.74) is 5.95. The molecule has 0 aromatic carbocycles. The fraction of sp³-hybridized carbons (Fsp3) is 1.00. The molecule has 2 atom stereocenters. The Balaban J connectivity index is 2.53. The maximum Gasteiger partial charge on any atom is 0.0136 e. The highest BCUT2D eigenvalue weighted by molar-refractivity contribution is 4.84. The van der Waals surface area contributed by atoms with Crippen molar-refractivity contribution in [3.63, 3.8) is 0 Å². The summed E-state index contributed by atoms with van der Waals surface area (Å²) in [6, 6.07) is 0.744. The van der Waals surface area contributed by atoms with Crippen LogP contribution in [0.3, 0.4) is 0 Å². The number of hydrogen-bond acceptors (Lipinski definition) is 3. The van der Waals surface area contributed by atoms with Crippen LogP contribution < -0.4 is 5.73 Å². The monoisotopic (exact) mass is 241 g/mol. The van der Waals surface area contributed by atoms with Crippen molar-refractivity contribution < 1.29 is 0 Å². The zero-order valence-electron chi connectivity index (χ0n) is 12.0. The van der Waals surface area contributed by atoms with Gasteiger partial charge in [0.2, 0.25) is 0 Å². The van der Waals surface area contributed by atoms with Crippen LogP contribution in [0.1, 0.15) is 39.0 Å². The van der Waals surface area contributed by atoms with E-state index in [1.807, 2.05) is 0 Å². The van der Waals surface area contributed by atoms with Gasteiger partial charge in [-0.15, -0.1) is 0 Å². The predicted molar refractivity (Wildman–Crippen MR) is 75.2 cm³/mol. The molecular formula is C14H31N3. The maximum atomic E-state index is 5.95. The SMILES string of the molecule is CCCN(CCN(C)C)C1CCCCC1CN. The Hall–Kier alpha value is -0.120. The van der Waals surface area contributed by atoms with Gasteiger partial charge >= 0.3 is 0 Å². The van der Waals surface area contributed by atoms with Crippen LogP contribution in [-0.2, 0) is 0 Å². The molecule has 1 aliphatic carbocycles. The number of nitrogens with zero attached hydrogens (tertiary/aromatic N) is 2. The lowest BCUT2D eigenvalue weighted by atomic mass is 9.83. The van der Waals surface area contributed by atoms with E-state index in [0.717, 1.165) is 25.0 Å². The molecule has 3 heteroatoms. The Morgan fingerprint density at radius 3 is 2.35 bits per heavy atom. The van der Waals surface area contributed by atoms with Gasteiger partial charge in [-0.2, -0.15) is 0 Å². The first-order chi connectivity index (χ1) is 8.19. The molecule has 2 N–H and O–H groups in total. The Kier molecular flexibility index (Phi) is 7.09. The standard InChI is InChI=1S/C14H31N3/c1-4-9-17(11-10-16(2)3)14-8-6-5-7-13(14)12-15/h13-14H,4-12,15H2,1-3H3. The average molecular weight is 241 g/mol. The van der Waals surface area contributed by atoms with Gasteiger partial charge in [-0.25, -0.2) is 0 Å². The molecule has 102 valence electrons. The van der Waals surface area contributed by atoms with Gasteiger partial charge in [0, 0.05) is 19.1 Å². The summed E-state index contributed by atoms with van der Waals surface area (Å²) in [7, 11) is 4.32. The summed E-state index contributed by atoms with van der Waals surface area (Å²) in [6.45, 7) is 6.74. The topological polar surface area (TPSA) is 32.5 Å². The summed E-state index contributed by atoms with van der Waals surface area (Å²) < 4.78 is 0. The summed E-state index contributed by atoms with van der Waals surface area (Å²) in [5.74, 6) is 0.734. The molecule has 0 heterocycles. The van der Waals surface area contributed by atoms with E-state index >= 15 is 0 Å². The number of rotatable bonds is 7. The molecule has 17 heavy (non-hydrogen) atoms. The molecule has 1 fully saturated rings. The first-order valence-corrected chi connectivity index (χ1v) is 7.27. The van der Waals surface area contributed by atoms with E-state index in [1.165, 1.54) is 45.2 Å². The maximum absolute atomic E-state index is 5.95. The molecule has 0 spiro atoms. The molecule has 3 nitrogen and oxygen atoms in total. The molecule has 0 amide bonds. The molecule has 0 aromatic heterocycles. The van der Waals surface area contributed by atoms with Gasteiger partial charge in [0.05, 0.1) is 0 Å². The smallest absolute Gasteiger partial charge is 0.0136 e. The van der Waals surface area contributed by atoms with E-state index in [9.17, 15) is 0 Å². The Bertz CT molecular complexity index is 194. The third-order valence-corrected chi connectivity index (χ3v) is 3.99. The zero-order valence-corrected chi connectivity index (χ0v) is 12.0. The van der Waals surface area contributed by atoms with Crippen LogP contribution in [0.4, 0.5) is 0 Å². The number of likely N-dealkylation sites (N-methyl/N-ethyl adjacent to an activating group) is 1. The van der Waals surface area contributed by atoms with Crippen LogP contribution in [-0.4, -0.2) is 56.1 Å². The zero-order chi connectivity index (χ0) is 12.7. The van der Waals surface area contributed by atoms with Gasteiger partial charge in [-0.1, -0.05) is 19.8 Å². The van der Waals surface area contributed by atoms with Crippen molar-refractivity contribution in [2.24, 2.45) is 11.7 Å². The normalized spacial score (nSPS) is 25.8. The van der Waals surface area contributed by atoms with Crippen molar-refractivity contribution in [1.82, 2.24) is 9.80 Å². The third-order valence-electron chi connectivity index (χ3n) is 3.99. The predicted octanol–water partition coefficient (Wildman–Crippen LogP) is 1.78. The van der Waals surface area contributed by atoms with Crippen molar-refractivity contribution in [3.8, 4) is 0 Å². The van der Waals surface area contributed by atoms with Crippen LogP contribution >= 0.6 is 0 Å². The molecule has 1 saturated carbocycles. The first-order valence-electron chi connectivity index (χ1n) is 7.27. The van der Waals surface area contributed by atoms with E-state index in [-0.39, 0.29) is 0 Å². The molecule has 2 unspecified atom stereocenters. The molecule has 0 radical (unpaired) electrons. The van der Waals surface area contributed by atoms with Crippen LogP contribution in [0.2, 0.25) is 0 Å². The van der Waals surface area contributed by atoms with Crippen LogP contribution in [0.5, 0.6) is 0 Å². The van der Waals surface area contributed by atoms with Gasteiger partial charge < -0.3 is 10.6 Å². The lowest BCUT2D eigenvalue weighted by Gasteiger charge is -2.40. The molecule has 0 aliphatic heterocycles. The minimum atomic E-state index is 0.734. The first kappa shape index (κ1) is 14.9. The van der Waals surface area contributed by atoms with E-state index in [1.54, 1.807) is 0 Å². The fourth-order valence-electron chi connectivity index (χ4n) is 3.00. The Labute approximate surface area is 107 Å². The lowest BCUT2D eigenvalue weighted by molar-refractivity contribution is 0.0992. The van der Waals surface area contributed by atoms with E-state index in [0.29, 0.717) is 0 Å². The van der Waals surface area contributed by atoms with Gasteiger partial charge in [0.1, 0.15) is 0 Å². The van der Waals surface area contributed by atoms with Crippen molar-refractivity contribution in [1.29, 1.82) is 0 Å². The van der Waals surface area contributed by atoms with Crippen LogP contribution in [0.15, 0.2) is 0 Å². The van der Waals surface area contributed by atoms with Gasteiger partial charge in [-0.05, 0) is 52.4 Å². The van der Waals surface area contributed by atoms with E-state index in [4.69, 9.17) is 5.73 Å². The minimum absolute atomic E-state index is 0.734. The largest absolute Gasteiger partial charge is 0.330 e. The number of hydrogen-bond donors (Lipinski definition) is 1. The Morgan fingerprint density at radius 1 is 1.06 bits per heavy atom. The van der Waals surface area contributed by atoms with Crippen LogP contribution in [0, 0.1) is 5.92 Å². The molecule has 1 aliphatic rings. The summed E-state index contributed by atoms with van der Waals surface area (Å²) in [5, 5.41) is 0. The van der Waals surface area contributed by atoms with E-state index < -0.39 is 0 Å². The second-order valence-electron chi connectivity index (χ2n) is 5.69. The average Bonchev–Trinajstić information content (AvgIpc) is 2.34. The van der Waals surface area contributed by atoms with Gasteiger partial charge in [-0.3, -0.25) is 4.90 Å². The van der Waals surface area contributed by atoms with Crippen molar-refractivity contribution in [2.75, 3.05) is 40.3 Å². The van der Waals surface area contributed by atoms with E-state index in [2.05, 4.69) is 30.8 Å². The lowest BCUT2D eigenvalue weighted by Crippen LogP contribution is -2.47. The Morgan fingerprint density at radius 2 is 1.76 bits per heavy atom. The molecule has 0 bridgehead atoms. The molecule has 1 rings (SSSR count). The summed E-state index contributed by atoms with van der Waals surface area (Å²) in [6.07, 6.45) is 6.72. The highest BCUT2D eigenvalue weighted by Gasteiger charge is 2.28. The molecule has 0 saturated heterocycles. The molecule has 0 aromatic rings. The van der Waals surface area contributed by atoms with Crippen LogP contribution in [0.25, 0.3) is 0 Å². The fourth-order valence-corrected chi connectivity index (χ4v) is 3.00. The third kappa shape index (κ3) is 4.94.